The molecule has 3 aromatic carbocycles. The van der Waals surface area contributed by atoms with Gasteiger partial charge in [0.2, 0.25) is 0 Å². The minimum Gasteiger partial charge on any atom is -0.488 e. The van der Waals surface area contributed by atoms with E-state index in [1.165, 1.54) is 12.1 Å². The van der Waals surface area contributed by atoms with Crippen molar-refractivity contribution in [2.75, 3.05) is 13.1 Å². The maximum atomic E-state index is 13.8. The van der Waals surface area contributed by atoms with Crippen LogP contribution in [0.4, 0.5) is 13.2 Å². The number of hydrogen-bond acceptors (Lipinski definition) is 4. The van der Waals surface area contributed by atoms with Crippen molar-refractivity contribution in [3.05, 3.63) is 106 Å². The predicted molar refractivity (Wildman–Crippen MR) is 145 cm³/mol. The summed E-state index contributed by atoms with van der Waals surface area (Å²) < 4.78 is 46.4. The summed E-state index contributed by atoms with van der Waals surface area (Å²) >= 11 is 0. The van der Waals surface area contributed by atoms with Crippen molar-refractivity contribution in [1.29, 1.82) is 0 Å². The van der Waals surface area contributed by atoms with E-state index in [0.717, 1.165) is 54.8 Å². The number of amides is 1. The number of aryl methyl sites for hydroxylation is 1. The van der Waals surface area contributed by atoms with Gasteiger partial charge >= 0.3 is 6.18 Å². The van der Waals surface area contributed by atoms with Crippen LogP contribution in [0.5, 0.6) is 5.75 Å². The van der Waals surface area contributed by atoms with Gasteiger partial charge in [0.05, 0.1) is 11.6 Å². The van der Waals surface area contributed by atoms with Crippen molar-refractivity contribution >= 4 is 5.91 Å². The second-order valence-corrected chi connectivity index (χ2v) is 10.4. The van der Waals surface area contributed by atoms with Gasteiger partial charge in [0.1, 0.15) is 23.7 Å². The molecular weight excluding hydrogens is 517 g/mol. The minimum atomic E-state index is -4.45. The van der Waals surface area contributed by atoms with E-state index in [9.17, 15) is 18.0 Å². The number of aromatic amines is 1. The van der Waals surface area contributed by atoms with Crippen LogP contribution in [0.15, 0.2) is 72.8 Å². The number of piperidine rings is 1. The molecule has 6 rings (SSSR count). The number of fused-ring (bicyclic) bond motifs is 1. The van der Waals surface area contributed by atoms with E-state index >= 15 is 0 Å². The molecule has 9 heteroatoms. The quantitative estimate of drug-likeness (QED) is 0.299. The zero-order chi connectivity index (χ0) is 27.9. The molecule has 1 atom stereocenters. The number of carbonyl (C=O) groups is 1. The molecule has 0 radical (unpaired) electrons. The Balaban J connectivity index is 1.45. The molecule has 40 heavy (non-hydrogen) atoms. The van der Waals surface area contributed by atoms with E-state index in [-0.39, 0.29) is 11.9 Å². The molecule has 6 nitrogen and oxygen atoms in total. The first kappa shape index (κ1) is 26.1. The maximum Gasteiger partial charge on any atom is 0.416 e. The van der Waals surface area contributed by atoms with Gasteiger partial charge in [-0.2, -0.15) is 18.3 Å². The Hall–Kier alpha value is -4.11. The number of ether oxygens (including phenoxy) is 1. The average molecular weight is 547 g/mol. The number of H-pyrrole nitrogens is 1. The molecule has 4 aromatic rings. The highest BCUT2D eigenvalue weighted by molar-refractivity contribution is 6.00. The fraction of sp³-hybridized carbons (Fsp3) is 0.290. The molecule has 2 aliphatic rings. The summed E-state index contributed by atoms with van der Waals surface area (Å²) in [6.45, 7) is 3.86. The first-order valence-electron chi connectivity index (χ1n) is 13.4. The molecule has 3 heterocycles. The fourth-order valence-corrected chi connectivity index (χ4v) is 5.70. The van der Waals surface area contributed by atoms with Crippen molar-refractivity contribution in [3.63, 3.8) is 0 Å². The van der Waals surface area contributed by atoms with Crippen LogP contribution in [-0.4, -0.2) is 40.1 Å². The van der Waals surface area contributed by atoms with Crippen LogP contribution in [0, 0.1) is 6.92 Å². The number of halogens is 3. The topological polar surface area (TPSA) is 70.2 Å². The Morgan fingerprint density at radius 2 is 1.73 bits per heavy atom. The lowest BCUT2D eigenvalue weighted by molar-refractivity contribution is -0.137. The van der Waals surface area contributed by atoms with Crippen LogP contribution in [0.25, 0.3) is 11.3 Å². The largest absolute Gasteiger partial charge is 0.488 e. The van der Waals surface area contributed by atoms with Crippen molar-refractivity contribution in [2.45, 2.75) is 44.6 Å². The van der Waals surface area contributed by atoms with Crippen molar-refractivity contribution < 1.29 is 22.7 Å². The monoisotopic (exact) mass is 546 g/mol. The van der Waals surface area contributed by atoms with Gasteiger partial charge in [-0.25, -0.2) is 0 Å². The molecule has 206 valence electrons. The highest BCUT2D eigenvalue weighted by Gasteiger charge is 2.46. The summed E-state index contributed by atoms with van der Waals surface area (Å²) in [5.41, 5.74) is 4.22. The molecule has 0 spiro atoms. The van der Waals surface area contributed by atoms with E-state index in [0.29, 0.717) is 34.9 Å². The van der Waals surface area contributed by atoms with Gasteiger partial charge in [0, 0.05) is 17.2 Å². The van der Waals surface area contributed by atoms with Gasteiger partial charge in [0.25, 0.3) is 5.91 Å². The lowest BCUT2D eigenvalue weighted by Crippen LogP contribution is -2.45. The van der Waals surface area contributed by atoms with Gasteiger partial charge in [-0.1, -0.05) is 54.1 Å². The predicted octanol–water partition coefficient (Wildman–Crippen LogP) is 6.28. The van der Waals surface area contributed by atoms with E-state index in [2.05, 4.69) is 15.5 Å². The van der Waals surface area contributed by atoms with Gasteiger partial charge in [0.15, 0.2) is 0 Å². The Kier molecular flexibility index (Phi) is 6.83. The van der Waals surface area contributed by atoms with Gasteiger partial charge in [-0.3, -0.25) is 9.89 Å². The van der Waals surface area contributed by atoms with Gasteiger partial charge < -0.3 is 15.0 Å². The first-order valence-corrected chi connectivity index (χ1v) is 13.4. The zero-order valence-corrected chi connectivity index (χ0v) is 22.0. The summed E-state index contributed by atoms with van der Waals surface area (Å²) in [7, 11) is 0. The third kappa shape index (κ3) is 4.86. The van der Waals surface area contributed by atoms with Crippen LogP contribution in [0.2, 0.25) is 0 Å². The third-order valence-corrected chi connectivity index (χ3v) is 7.69. The first-order chi connectivity index (χ1) is 19.3. The smallest absolute Gasteiger partial charge is 0.416 e. The van der Waals surface area contributed by atoms with E-state index < -0.39 is 17.8 Å². The van der Waals surface area contributed by atoms with Gasteiger partial charge in [-0.15, -0.1) is 0 Å². The van der Waals surface area contributed by atoms with E-state index in [4.69, 9.17) is 4.74 Å². The van der Waals surface area contributed by atoms with Crippen LogP contribution in [-0.2, 0) is 12.8 Å². The normalized spacial score (nSPS) is 17.8. The van der Waals surface area contributed by atoms with Crippen molar-refractivity contribution in [1.82, 2.24) is 20.4 Å². The summed E-state index contributed by atoms with van der Waals surface area (Å²) in [5, 5.41) is 10.9. The highest BCUT2D eigenvalue weighted by Crippen LogP contribution is 2.47. The zero-order valence-electron chi connectivity index (χ0n) is 22.0. The Bertz CT molecular complexity index is 1510. The van der Waals surface area contributed by atoms with Crippen molar-refractivity contribution in [2.24, 2.45) is 0 Å². The summed E-state index contributed by atoms with van der Waals surface area (Å²) in [5.74, 6) is 0.424. The lowest BCUT2D eigenvalue weighted by Gasteiger charge is -2.36. The second kappa shape index (κ2) is 10.5. The number of aromatic nitrogens is 2. The molecule has 0 saturated carbocycles. The summed E-state index contributed by atoms with van der Waals surface area (Å²) in [6.07, 6.45) is -2.94. The molecule has 1 unspecified atom stereocenters. The Morgan fingerprint density at radius 1 is 1.00 bits per heavy atom. The average Bonchev–Trinajstić information content (AvgIpc) is 3.51. The molecule has 1 saturated heterocycles. The molecule has 0 aliphatic carbocycles. The SMILES string of the molecule is Cc1ccc(OCc2ccccc2)c(-c2n[nH]c3c2C(c2ccc(C(F)(F)F)cc2)N(C2CCNCC2)C3=O)c1. The number of nitrogens with one attached hydrogen (secondary N) is 2. The fourth-order valence-electron chi connectivity index (χ4n) is 5.70. The molecule has 1 amide bonds. The highest BCUT2D eigenvalue weighted by atomic mass is 19.4. The Labute approximate surface area is 230 Å². The molecule has 1 aromatic heterocycles. The molecule has 2 N–H and O–H groups in total. The van der Waals surface area contributed by atoms with Crippen molar-refractivity contribution in [3.8, 4) is 17.0 Å². The molecule has 2 aliphatic heterocycles. The second-order valence-electron chi connectivity index (χ2n) is 10.4. The number of alkyl halides is 3. The number of rotatable bonds is 6. The maximum absolute atomic E-state index is 13.8. The minimum absolute atomic E-state index is 0.0546. The third-order valence-electron chi connectivity index (χ3n) is 7.69. The number of hydrogen-bond donors (Lipinski definition) is 2. The van der Waals surface area contributed by atoms with Gasteiger partial charge in [-0.05, 0) is 68.2 Å². The van der Waals surface area contributed by atoms with E-state index in [1.54, 1.807) is 0 Å². The molecule has 0 bridgehead atoms. The summed E-state index contributed by atoms with van der Waals surface area (Å²) in [4.78, 5) is 15.7. The number of carbonyl (C=O) groups excluding carboxylic acids is 1. The van der Waals surface area contributed by atoms with Crippen LogP contribution in [0.1, 0.15) is 57.2 Å². The standard InChI is InChI=1S/C31H29F3N4O2/c1-19-7-12-25(40-18-20-5-3-2-4-6-20)24(17-19)27-26-28(37-36-27)30(39)38(23-13-15-35-16-14-23)29(26)21-8-10-22(11-9-21)31(32,33)34/h2-12,17,23,29,35H,13-16,18H2,1H3,(H,36,37). The number of benzene rings is 3. The van der Waals surface area contributed by atoms with E-state index in [1.807, 2.05) is 60.4 Å². The lowest BCUT2D eigenvalue weighted by atomic mass is 9.93. The summed E-state index contributed by atoms with van der Waals surface area (Å²) in [6, 6.07) is 20.1. The number of nitrogens with zero attached hydrogens (tertiary/aromatic N) is 2. The van der Waals surface area contributed by atoms with Crippen LogP contribution < -0.4 is 10.1 Å². The Morgan fingerprint density at radius 3 is 2.42 bits per heavy atom. The molecule has 1 fully saturated rings. The van der Waals surface area contributed by atoms with Crippen LogP contribution >= 0.6 is 0 Å². The molecular formula is C31H29F3N4O2. The van der Waals surface area contributed by atoms with Crippen LogP contribution in [0.3, 0.4) is 0 Å².